The Morgan fingerprint density at radius 3 is 2.20 bits per heavy atom. The zero-order chi connectivity index (χ0) is 25.0. The Morgan fingerprint density at radius 1 is 0.829 bits per heavy atom. The molecule has 0 aliphatic carbocycles. The van der Waals surface area contributed by atoms with Crippen molar-refractivity contribution in [2.45, 2.75) is 13.1 Å². The van der Waals surface area contributed by atoms with Crippen LogP contribution in [-0.4, -0.2) is 21.7 Å². The smallest absolute Gasteiger partial charge is 0.319 e. The van der Waals surface area contributed by atoms with Gasteiger partial charge in [0.2, 0.25) is 0 Å². The van der Waals surface area contributed by atoms with Gasteiger partial charge in [0.05, 0.1) is 29.3 Å². The number of halogens is 3. The van der Waals surface area contributed by atoms with Gasteiger partial charge in [-0.15, -0.1) is 0 Å². The van der Waals surface area contributed by atoms with E-state index in [1.807, 2.05) is 31.2 Å². The Balaban J connectivity index is 1.37. The van der Waals surface area contributed by atoms with Crippen molar-refractivity contribution < 1.29 is 22.8 Å². The standard InChI is InChI=1S/C25H20F3N5O2/c1-16-5-11-22(12-6-16)33-15-21(14-29-33)30-23(34)17-3-2-4-20(13-17)32-24(35)31-19-9-7-18(8-10-19)25(26,27)28/h2-15H,1H3,(H,30,34)(H2,31,32,35). The quantitative estimate of drug-likeness (QED) is 0.323. The molecule has 35 heavy (non-hydrogen) atoms. The highest BCUT2D eigenvalue weighted by molar-refractivity contribution is 6.06. The van der Waals surface area contributed by atoms with Crippen molar-refractivity contribution in [3.63, 3.8) is 0 Å². The van der Waals surface area contributed by atoms with Crippen LogP contribution in [0.25, 0.3) is 5.69 Å². The summed E-state index contributed by atoms with van der Waals surface area (Å²) in [5.41, 5.74) is 2.46. The number of aryl methyl sites for hydroxylation is 1. The van der Waals surface area contributed by atoms with Gasteiger partial charge < -0.3 is 16.0 Å². The van der Waals surface area contributed by atoms with E-state index >= 15 is 0 Å². The van der Waals surface area contributed by atoms with Crippen molar-refractivity contribution in [1.82, 2.24) is 9.78 Å². The molecule has 0 saturated heterocycles. The van der Waals surface area contributed by atoms with Gasteiger partial charge in [0.15, 0.2) is 0 Å². The molecule has 0 unspecified atom stereocenters. The number of nitrogens with one attached hydrogen (secondary N) is 3. The van der Waals surface area contributed by atoms with E-state index in [4.69, 9.17) is 0 Å². The summed E-state index contributed by atoms with van der Waals surface area (Å²) in [5, 5.41) is 12.0. The van der Waals surface area contributed by atoms with Crippen LogP contribution in [0.2, 0.25) is 0 Å². The molecule has 3 amide bonds. The lowest BCUT2D eigenvalue weighted by molar-refractivity contribution is -0.137. The highest BCUT2D eigenvalue weighted by Gasteiger charge is 2.30. The molecule has 0 fully saturated rings. The van der Waals surface area contributed by atoms with Crippen molar-refractivity contribution in [3.8, 4) is 5.69 Å². The topological polar surface area (TPSA) is 88.0 Å². The zero-order valence-electron chi connectivity index (χ0n) is 18.4. The summed E-state index contributed by atoms with van der Waals surface area (Å²) in [4.78, 5) is 24.9. The molecule has 0 spiro atoms. The Labute approximate surface area is 198 Å². The second kappa shape index (κ2) is 9.72. The lowest BCUT2D eigenvalue weighted by Crippen LogP contribution is -2.20. The van der Waals surface area contributed by atoms with Gasteiger partial charge in [-0.25, -0.2) is 9.48 Å². The molecule has 3 aromatic carbocycles. The molecule has 0 bridgehead atoms. The monoisotopic (exact) mass is 479 g/mol. The van der Waals surface area contributed by atoms with Crippen LogP contribution < -0.4 is 16.0 Å². The van der Waals surface area contributed by atoms with Gasteiger partial charge in [-0.2, -0.15) is 18.3 Å². The average Bonchev–Trinajstić information content (AvgIpc) is 3.28. The minimum atomic E-state index is -4.46. The van der Waals surface area contributed by atoms with Gasteiger partial charge >= 0.3 is 12.2 Å². The summed E-state index contributed by atoms with van der Waals surface area (Å²) in [6.45, 7) is 1.99. The fraction of sp³-hybridized carbons (Fsp3) is 0.0800. The highest BCUT2D eigenvalue weighted by atomic mass is 19.4. The van der Waals surface area contributed by atoms with Gasteiger partial charge in [0, 0.05) is 16.9 Å². The van der Waals surface area contributed by atoms with Crippen molar-refractivity contribution >= 4 is 29.0 Å². The zero-order valence-corrected chi connectivity index (χ0v) is 18.4. The summed E-state index contributed by atoms with van der Waals surface area (Å²) in [6.07, 6.45) is -1.25. The number of anilines is 3. The van der Waals surface area contributed by atoms with Gasteiger partial charge in [0.1, 0.15) is 0 Å². The molecule has 0 aliphatic heterocycles. The first-order valence-electron chi connectivity index (χ1n) is 10.5. The Kier molecular flexibility index (Phi) is 6.54. The van der Waals surface area contributed by atoms with Crippen LogP contribution in [0.15, 0.2) is 85.2 Å². The Bertz CT molecular complexity index is 1350. The molecule has 10 heteroatoms. The third kappa shape index (κ3) is 6.05. The fourth-order valence-electron chi connectivity index (χ4n) is 3.20. The van der Waals surface area contributed by atoms with Gasteiger partial charge in [0.25, 0.3) is 5.91 Å². The average molecular weight is 479 g/mol. The predicted molar refractivity (Wildman–Crippen MR) is 127 cm³/mol. The van der Waals surface area contributed by atoms with Crippen LogP contribution in [0.1, 0.15) is 21.5 Å². The highest BCUT2D eigenvalue weighted by Crippen LogP contribution is 2.29. The van der Waals surface area contributed by atoms with Crippen LogP contribution in [-0.2, 0) is 6.18 Å². The van der Waals surface area contributed by atoms with E-state index in [1.165, 1.54) is 12.3 Å². The first-order chi connectivity index (χ1) is 16.7. The number of rotatable bonds is 5. The molecular weight excluding hydrogens is 459 g/mol. The number of nitrogens with zero attached hydrogens (tertiary/aromatic N) is 2. The number of carbonyl (C=O) groups excluding carboxylic acids is 2. The number of hydrogen-bond donors (Lipinski definition) is 3. The van der Waals surface area contributed by atoms with Crippen LogP contribution in [0, 0.1) is 6.92 Å². The number of aromatic nitrogens is 2. The SMILES string of the molecule is Cc1ccc(-n2cc(NC(=O)c3cccc(NC(=O)Nc4ccc(C(F)(F)F)cc4)c3)cn2)cc1. The van der Waals surface area contributed by atoms with E-state index in [0.29, 0.717) is 16.9 Å². The predicted octanol–water partition coefficient (Wildman–Crippen LogP) is 6.10. The van der Waals surface area contributed by atoms with Crippen LogP contribution in [0.4, 0.5) is 35.0 Å². The lowest BCUT2D eigenvalue weighted by Gasteiger charge is -2.10. The number of alkyl halides is 3. The minimum Gasteiger partial charge on any atom is -0.319 e. The van der Waals surface area contributed by atoms with E-state index in [2.05, 4.69) is 21.0 Å². The summed E-state index contributed by atoms with van der Waals surface area (Å²) in [6, 6.07) is 17.4. The Hall–Kier alpha value is -4.60. The summed E-state index contributed by atoms with van der Waals surface area (Å²) < 4.78 is 39.6. The normalized spacial score (nSPS) is 11.1. The van der Waals surface area contributed by atoms with Crippen LogP contribution in [0.3, 0.4) is 0 Å². The first-order valence-corrected chi connectivity index (χ1v) is 10.5. The van der Waals surface area contributed by atoms with Gasteiger partial charge in [-0.3, -0.25) is 4.79 Å². The molecule has 7 nitrogen and oxygen atoms in total. The molecule has 0 aliphatic rings. The van der Waals surface area contributed by atoms with E-state index < -0.39 is 23.7 Å². The van der Waals surface area contributed by atoms with Crippen molar-refractivity contribution in [2.24, 2.45) is 0 Å². The summed E-state index contributed by atoms with van der Waals surface area (Å²) in [7, 11) is 0. The largest absolute Gasteiger partial charge is 0.416 e. The molecule has 0 radical (unpaired) electrons. The van der Waals surface area contributed by atoms with Crippen molar-refractivity contribution in [1.29, 1.82) is 0 Å². The van der Waals surface area contributed by atoms with E-state index in [9.17, 15) is 22.8 Å². The molecular formula is C25H20F3N5O2. The second-order valence-corrected chi connectivity index (χ2v) is 7.70. The number of carbonyl (C=O) groups is 2. The van der Waals surface area contributed by atoms with Crippen LogP contribution >= 0.6 is 0 Å². The van der Waals surface area contributed by atoms with E-state index in [1.54, 1.807) is 29.1 Å². The van der Waals surface area contributed by atoms with Crippen molar-refractivity contribution in [3.05, 3.63) is 102 Å². The van der Waals surface area contributed by atoms with Gasteiger partial charge in [-0.1, -0.05) is 23.8 Å². The summed E-state index contributed by atoms with van der Waals surface area (Å²) in [5.74, 6) is -0.403. The number of benzene rings is 3. The van der Waals surface area contributed by atoms with Crippen molar-refractivity contribution in [2.75, 3.05) is 16.0 Å². The maximum Gasteiger partial charge on any atom is 0.416 e. The molecule has 3 N–H and O–H groups in total. The summed E-state index contributed by atoms with van der Waals surface area (Å²) >= 11 is 0. The number of urea groups is 1. The third-order valence-corrected chi connectivity index (χ3v) is 4.99. The maximum absolute atomic E-state index is 12.7. The molecule has 0 atom stereocenters. The third-order valence-electron chi connectivity index (χ3n) is 4.99. The minimum absolute atomic E-state index is 0.190. The molecule has 1 heterocycles. The first kappa shape index (κ1) is 23.6. The van der Waals surface area contributed by atoms with Gasteiger partial charge in [-0.05, 0) is 61.5 Å². The Morgan fingerprint density at radius 2 is 1.51 bits per heavy atom. The van der Waals surface area contributed by atoms with Crippen LogP contribution in [0.5, 0.6) is 0 Å². The maximum atomic E-state index is 12.7. The number of amides is 3. The molecule has 4 rings (SSSR count). The lowest BCUT2D eigenvalue weighted by atomic mass is 10.2. The molecule has 0 saturated carbocycles. The molecule has 4 aromatic rings. The number of hydrogen-bond acceptors (Lipinski definition) is 3. The van der Waals surface area contributed by atoms with E-state index in [0.717, 1.165) is 35.5 Å². The second-order valence-electron chi connectivity index (χ2n) is 7.70. The molecule has 178 valence electrons. The fourth-order valence-corrected chi connectivity index (χ4v) is 3.20. The molecule has 1 aromatic heterocycles. The van der Waals surface area contributed by atoms with E-state index in [-0.39, 0.29) is 5.69 Å².